The number of rotatable bonds is 6. The summed E-state index contributed by atoms with van der Waals surface area (Å²) in [6, 6.07) is 14.3. The summed E-state index contributed by atoms with van der Waals surface area (Å²) in [5, 5.41) is 6.82. The van der Waals surface area contributed by atoms with Gasteiger partial charge in [0.05, 0.1) is 24.1 Å². The molecular weight excluding hydrogens is 412 g/mol. The molecule has 2 aromatic carbocycles. The Hall–Kier alpha value is -3.50. The lowest BCUT2D eigenvalue weighted by atomic mass is 10.1. The quantitative estimate of drug-likeness (QED) is 0.459. The van der Waals surface area contributed by atoms with Gasteiger partial charge in [-0.2, -0.15) is 0 Å². The van der Waals surface area contributed by atoms with Crippen LogP contribution < -0.4 is 5.32 Å². The molecule has 0 spiro atoms. The van der Waals surface area contributed by atoms with Gasteiger partial charge < -0.3 is 14.6 Å². The lowest BCUT2D eigenvalue weighted by Gasteiger charge is -2.05. The first kappa shape index (κ1) is 22.2. The molecule has 3 rings (SSSR count). The van der Waals surface area contributed by atoms with Crippen molar-refractivity contribution in [1.82, 2.24) is 5.16 Å². The third kappa shape index (κ3) is 6.24. The zero-order valence-corrected chi connectivity index (χ0v) is 18.3. The van der Waals surface area contributed by atoms with Gasteiger partial charge in [0.2, 0.25) is 5.91 Å². The van der Waals surface area contributed by atoms with Crippen LogP contribution in [-0.4, -0.2) is 29.9 Å². The molecule has 0 atom stereocenters. The molecule has 0 aliphatic rings. The molecular formula is C24H22N2O4S. The molecule has 0 aliphatic carbocycles. The van der Waals surface area contributed by atoms with Crippen LogP contribution >= 0.6 is 11.8 Å². The van der Waals surface area contributed by atoms with E-state index in [4.69, 9.17) is 9.26 Å². The van der Waals surface area contributed by atoms with Gasteiger partial charge in [-0.15, -0.1) is 11.8 Å². The van der Waals surface area contributed by atoms with E-state index in [1.165, 1.54) is 18.9 Å². The Balaban J connectivity index is 1.59. The van der Waals surface area contributed by atoms with Crippen molar-refractivity contribution in [3.05, 3.63) is 82.2 Å². The molecule has 0 saturated heterocycles. The summed E-state index contributed by atoms with van der Waals surface area (Å²) in [5.41, 5.74) is 4.47. The molecule has 7 heteroatoms. The van der Waals surface area contributed by atoms with Gasteiger partial charge in [0, 0.05) is 28.1 Å². The van der Waals surface area contributed by atoms with E-state index in [2.05, 4.69) is 22.3 Å². The Morgan fingerprint density at radius 1 is 1.10 bits per heavy atom. The summed E-state index contributed by atoms with van der Waals surface area (Å²) < 4.78 is 9.87. The van der Waals surface area contributed by atoms with Crippen LogP contribution in [0.1, 0.15) is 38.5 Å². The third-order valence-corrected chi connectivity index (χ3v) is 5.40. The van der Waals surface area contributed by atoms with E-state index in [0.29, 0.717) is 28.3 Å². The third-order valence-electron chi connectivity index (χ3n) is 4.44. The van der Waals surface area contributed by atoms with Crippen LogP contribution in [0.3, 0.4) is 0 Å². The summed E-state index contributed by atoms with van der Waals surface area (Å²) in [6.45, 7) is 3.76. The van der Waals surface area contributed by atoms with Crippen LogP contribution in [0.2, 0.25) is 0 Å². The normalized spacial score (nSPS) is 10.2. The van der Waals surface area contributed by atoms with E-state index in [1.807, 2.05) is 44.2 Å². The molecule has 1 N–H and O–H groups in total. The van der Waals surface area contributed by atoms with E-state index in [9.17, 15) is 9.59 Å². The fraction of sp³-hybridized carbons (Fsp3) is 0.208. The molecule has 158 valence electrons. The second-order valence-corrected chi connectivity index (χ2v) is 7.73. The van der Waals surface area contributed by atoms with E-state index >= 15 is 0 Å². The zero-order valence-electron chi connectivity index (χ0n) is 17.5. The van der Waals surface area contributed by atoms with Crippen LogP contribution in [0.4, 0.5) is 5.69 Å². The summed E-state index contributed by atoms with van der Waals surface area (Å²) in [7, 11) is 1.34. The number of anilines is 1. The molecule has 0 fully saturated rings. The number of aryl methyl sites for hydroxylation is 2. The second-order valence-electron chi connectivity index (χ2n) is 6.75. The minimum absolute atomic E-state index is 0.0901. The molecule has 1 heterocycles. The van der Waals surface area contributed by atoms with Crippen LogP contribution in [0.15, 0.2) is 53.1 Å². The van der Waals surface area contributed by atoms with Crippen molar-refractivity contribution < 1.29 is 18.8 Å². The first-order valence-corrected chi connectivity index (χ1v) is 10.7. The summed E-state index contributed by atoms with van der Waals surface area (Å²) in [6.07, 6.45) is 0. The Labute approximate surface area is 185 Å². The number of amides is 1. The van der Waals surface area contributed by atoms with Gasteiger partial charge in [0.15, 0.2) is 0 Å². The fourth-order valence-electron chi connectivity index (χ4n) is 2.81. The van der Waals surface area contributed by atoms with Crippen LogP contribution in [0, 0.1) is 25.7 Å². The summed E-state index contributed by atoms with van der Waals surface area (Å²) in [5.74, 6) is 7.37. The van der Waals surface area contributed by atoms with E-state index in [0.717, 1.165) is 22.6 Å². The van der Waals surface area contributed by atoms with Gasteiger partial charge in [-0.3, -0.25) is 4.79 Å². The maximum Gasteiger partial charge on any atom is 0.337 e. The van der Waals surface area contributed by atoms with Gasteiger partial charge in [0.25, 0.3) is 0 Å². The average molecular weight is 435 g/mol. The maximum atomic E-state index is 12.3. The van der Waals surface area contributed by atoms with Crippen LogP contribution in [0.25, 0.3) is 0 Å². The molecule has 31 heavy (non-hydrogen) atoms. The number of hydrogen-bond acceptors (Lipinski definition) is 6. The first-order chi connectivity index (χ1) is 15.0. The van der Waals surface area contributed by atoms with E-state index < -0.39 is 5.97 Å². The molecule has 0 bridgehead atoms. The van der Waals surface area contributed by atoms with Crippen molar-refractivity contribution in [2.24, 2.45) is 0 Å². The zero-order chi connectivity index (χ0) is 22.2. The van der Waals surface area contributed by atoms with Crippen molar-refractivity contribution in [3.8, 4) is 11.8 Å². The minimum atomic E-state index is -0.402. The Morgan fingerprint density at radius 3 is 2.48 bits per heavy atom. The Morgan fingerprint density at radius 2 is 1.81 bits per heavy atom. The van der Waals surface area contributed by atoms with Crippen molar-refractivity contribution in [3.63, 3.8) is 0 Å². The lowest BCUT2D eigenvalue weighted by Crippen LogP contribution is -2.14. The van der Waals surface area contributed by atoms with Gasteiger partial charge in [-0.25, -0.2) is 4.79 Å². The number of thioether (sulfide) groups is 1. The van der Waals surface area contributed by atoms with Gasteiger partial charge >= 0.3 is 5.97 Å². The highest BCUT2D eigenvalue weighted by Crippen LogP contribution is 2.20. The highest BCUT2D eigenvalue weighted by molar-refractivity contribution is 7.99. The largest absolute Gasteiger partial charge is 0.465 e. The van der Waals surface area contributed by atoms with Gasteiger partial charge in [-0.05, 0) is 50.2 Å². The van der Waals surface area contributed by atoms with Crippen molar-refractivity contribution in [2.75, 3.05) is 18.2 Å². The maximum absolute atomic E-state index is 12.3. The summed E-state index contributed by atoms with van der Waals surface area (Å²) in [4.78, 5) is 23.9. The molecule has 0 saturated carbocycles. The number of carbonyl (C=O) groups excluding carboxylic acids is 2. The monoisotopic (exact) mass is 434 g/mol. The van der Waals surface area contributed by atoms with E-state index in [-0.39, 0.29) is 5.91 Å². The SMILES string of the molecule is COC(=O)c1cccc(C#Cc2cccc(NC(=O)CSCc3c(C)noc3C)c2)c1. The molecule has 6 nitrogen and oxygen atoms in total. The average Bonchev–Trinajstić information content (AvgIpc) is 3.09. The number of carbonyl (C=O) groups is 2. The smallest absolute Gasteiger partial charge is 0.337 e. The number of hydrogen-bond donors (Lipinski definition) is 1. The number of nitrogens with zero attached hydrogens (tertiary/aromatic N) is 1. The van der Waals surface area contributed by atoms with E-state index in [1.54, 1.807) is 18.2 Å². The molecule has 1 amide bonds. The summed E-state index contributed by atoms with van der Waals surface area (Å²) >= 11 is 1.51. The highest BCUT2D eigenvalue weighted by atomic mass is 32.2. The fourth-order valence-corrected chi connectivity index (χ4v) is 3.79. The first-order valence-electron chi connectivity index (χ1n) is 9.56. The number of ether oxygens (including phenoxy) is 1. The van der Waals surface area contributed by atoms with Crippen LogP contribution in [-0.2, 0) is 15.3 Å². The van der Waals surface area contributed by atoms with Crippen molar-refractivity contribution in [2.45, 2.75) is 19.6 Å². The van der Waals surface area contributed by atoms with Crippen LogP contribution in [0.5, 0.6) is 0 Å². The molecule has 0 aliphatic heterocycles. The van der Waals surface area contributed by atoms with Crippen molar-refractivity contribution in [1.29, 1.82) is 0 Å². The topological polar surface area (TPSA) is 81.4 Å². The number of aromatic nitrogens is 1. The highest BCUT2D eigenvalue weighted by Gasteiger charge is 2.10. The van der Waals surface area contributed by atoms with Crippen molar-refractivity contribution >= 4 is 29.3 Å². The second kappa shape index (κ2) is 10.5. The minimum Gasteiger partial charge on any atom is -0.465 e. The number of esters is 1. The van der Waals surface area contributed by atoms with Gasteiger partial charge in [0.1, 0.15) is 5.76 Å². The predicted molar refractivity (Wildman–Crippen MR) is 121 cm³/mol. The van der Waals surface area contributed by atoms with Gasteiger partial charge in [-0.1, -0.05) is 29.1 Å². The molecule has 0 unspecified atom stereocenters. The number of methoxy groups -OCH3 is 1. The lowest BCUT2D eigenvalue weighted by molar-refractivity contribution is -0.113. The Bertz CT molecular complexity index is 1140. The molecule has 3 aromatic rings. The molecule has 0 radical (unpaired) electrons. The number of benzene rings is 2. The standard InChI is InChI=1S/C24H22N2O4S/c1-16-22(17(2)30-26-16)14-31-15-23(27)25-21-9-5-7-19(13-21)11-10-18-6-4-8-20(12-18)24(28)29-3/h4-9,12-13H,14-15H2,1-3H3,(H,25,27). The predicted octanol–water partition coefficient (Wildman–Crippen LogP) is 4.35. The number of nitrogens with one attached hydrogen (secondary N) is 1. The Kier molecular flexibility index (Phi) is 7.52. The molecule has 1 aromatic heterocycles.